The van der Waals surface area contributed by atoms with Gasteiger partial charge in [0.15, 0.2) is 6.04 Å². The first-order chi connectivity index (χ1) is 13.4. The van der Waals surface area contributed by atoms with Crippen LogP contribution in [0.4, 0.5) is 4.79 Å². The number of piperazine rings is 1. The minimum absolute atomic E-state index is 0.0481. The Morgan fingerprint density at radius 3 is 2.43 bits per heavy atom. The predicted molar refractivity (Wildman–Crippen MR) is 102 cm³/mol. The lowest BCUT2D eigenvalue weighted by Gasteiger charge is -2.33. The van der Waals surface area contributed by atoms with Crippen LogP contribution in [0.15, 0.2) is 30.3 Å². The van der Waals surface area contributed by atoms with Crippen LogP contribution in [-0.4, -0.2) is 58.4 Å². The molecule has 0 radical (unpaired) electrons. The number of unbranched alkanes of at least 4 members (excludes halogenated alkanes) is 3. The first-order valence-electron chi connectivity index (χ1n) is 9.60. The number of rotatable bonds is 8. The number of imide groups is 1. The zero-order valence-corrected chi connectivity index (χ0v) is 16.1. The number of carbonyl (C=O) groups excluding carboxylic acids is 3. The van der Waals surface area contributed by atoms with Gasteiger partial charge in [-0.2, -0.15) is 0 Å². The number of aliphatic carboxylic acids is 1. The molecule has 1 aromatic carbocycles. The second-order valence-electron chi connectivity index (χ2n) is 6.80. The number of amides is 4. The van der Waals surface area contributed by atoms with Crippen LogP contribution in [0, 0.1) is 0 Å². The Morgan fingerprint density at radius 2 is 1.82 bits per heavy atom. The van der Waals surface area contributed by atoms with E-state index in [0.29, 0.717) is 12.0 Å². The fraction of sp³-hybridized carbons (Fsp3) is 0.500. The fourth-order valence-electron chi connectivity index (χ4n) is 3.10. The van der Waals surface area contributed by atoms with Gasteiger partial charge in [0.25, 0.3) is 0 Å². The van der Waals surface area contributed by atoms with Crippen LogP contribution in [0.5, 0.6) is 0 Å². The van der Waals surface area contributed by atoms with Crippen molar-refractivity contribution in [2.75, 3.05) is 19.6 Å². The smallest absolute Gasteiger partial charge is 0.330 e. The minimum atomic E-state index is -1.25. The summed E-state index contributed by atoms with van der Waals surface area (Å²) in [6.07, 6.45) is 4.33. The Labute approximate surface area is 164 Å². The topological polar surface area (TPSA) is 107 Å². The number of hydrogen-bond acceptors (Lipinski definition) is 4. The fourth-order valence-corrected chi connectivity index (χ4v) is 3.10. The maximum Gasteiger partial charge on any atom is 0.330 e. The van der Waals surface area contributed by atoms with Crippen molar-refractivity contribution in [2.24, 2.45) is 0 Å². The summed E-state index contributed by atoms with van der Waals surface area (Å²) in [4.78, 5) is 50.9. The molecule has 0 spiro atoms. The number of urea groups is 1. The van der Waals surface area contributed by atoms with Crippen molar-refractivity contribution in [1.29, 1.82) is 0 Å². The van der Waals surface area contributed by atoms with E-state index in [0.717, 1.165) is 30.6 Å². The second-order valence-corrected chi connectivity index (χ2v) is 6.80. The molecule has 0 saturated carbocycles. The molecule has 28 heavy (non-hydrogen) atoms. The number of carboxylic acids is 1. The number of carbonyl (C=O) groups is 4. The van der Waals surface area contributed by atoms with Gasteiger partial charge in [-0.15, -0.1) is 0 Å². The summed E-state index contributed by atoms with van der Waals surface area (Å²) in [5.41, 5.74) is 0.414. The van der Waals surface area contributed by atoms with Gasteiger partial charge in [-0.05, 0) is 12.0 Å². The lowest BCUT2D eigenvalue weighted by molar-refractivity contribution is -0.143. The number of nitrogens with one attached hydrogen (secondary N) is 1. The van der Waals surface area contributed by atoms with Crippen molar-refractivity contribution in [1.82, 2.24) is 15.1 Å². The third-order valence-corrected chi connectivity index (χ3v) is 4.71. The van der Waals surface area contributed by atoms with E-state index in [4.69, 9.17) is 0 Å². The van der Waals surface area contributed by atoms with Crippen LogP contribution in [0.25, 0.3) is 0 Å². The van der Waals surface area contributed by atoms with Crippen LogP contribution in [0.1, 0.15) is 50.6 Å². The Balaban J connectivity index is 1.91. The Bertz CT molecular complexity index is 707. The SMILES string of the molecule is CCCCCCC(=O)N1CCN(C(=O)NC(C(=O)O)c2ccccc2)C(=O)C1. The van der Waals surface area contributed by atoms with E-state index < -0.39 is 23.9 Å². The summed E-state index contributed by atoms with van der Waals surface area (Å²) in [5, 5.41) is 11.8. The molecule has 152 valence electrons. The monoisotopic (exact) mass is 389 g/mol. The Morgan fingerprint density at radius 1 is 1.11 bits per heavy atom. The van der Waals surface area contributed by atoms with E-state index in [9.17, 15) is 24.3 Å². The van der Waals surface area contributed by atoms with Gasteiger partial charge >= 0.3 is 12.0 Å². The van der Waals surface area contributed by atoms with Crippen LogP contribution >= 0.6 is 0 Å². The van der Waals surface area contributed by atoms with Crippen molar-refractivity contribution in [3.05, 3.63) is 35.9 Å². The van der Waals surface area contributed by atoms with E-state index in [1.54, 1.807) is 30.3 Å². The maximum absolute atomic E-state index is 12.4. The van der Waals surface area contributed by atoms with Gasteiger partial charge in [-0.25, -0.2) is 9.59 Å². The molecule has 4 amide bonds. The summed E-state index contributed by atoms with van der Waals surface area (Å²) < 4.78 is 0. The molecule has 0 aromatic heterocycles. The number of carboxylic acid groups (broad SMARTS) is 1. The number of hydrogen-bond donors (Lipinski definition) is 2. The van der Waals surface area contributed by atoms with Gasteiger partial charge < -0.3 is 15.3 Å². The molecule has 1 aliphatic rings. The van der Waals surface area contributed by atoms with Gasteiger partial charge in [-0.1, -0.05) is 56.5 Å². The molecule has 1 saturated heterocycles. The molecule has 1 atom stereocenters. The van der Waals surface area contributed by atoms with Crippen LogP contribution in [-0.2, 0) is 14.4 Å². The van der Waals surface area contributed by atoms with Crippen LogP contribution < -0.4 is 5.32 Å². The molecule has 0 aliphatic carbocycles. The molecule has 8 heteroatoms. The van der Waals surface area contributed by atoms with Crippen LogP contribution in [0.3, 0.4) is 0 Å². The summed E-state index contributed by atoms with van der Waals surface area (Å²) in [6, 6.07) is 6.26. The lowest BCUT2D eigenvalue weighted by atomic mass is 10.1. The molecule has 2 rings (SSSR count). The minimum Gasteiger partial charge on any atom is -0.479 e. The highest BCUT2D eigenvalue weighted by atomic mass is 16.4. The zero-order valence-electron chi connectivity index (χ0n) is 16.1. The van der Waals surface area contributed by atoms with Gasteiger partial charge in [0.1, 0.15) is 6.54 Å². The van der Waals surface area contributed by atoms with E-state index in [1.807, 2.05) is 0 Å². The number of nitrogens with zero attached hydrogens (tertiary/aromatic N) is 2. The molecule has 2 N–H and O–H groups in total. The molecule has 1 aromatic rings. The summed E-state index contributed by atoms with van der Waals surface area (Å²) in [7, 11) is 0. The molecule has 1 aliphatic heterocycles. The first-order valence-corrected chi connectivity index (χ1v) is 9.60. The molecular weight excluding hydrogens is 362 g/mol. The van der Waals surface area contributed by atoms with E-state index >= 15 is 0 Å². The Hall–Kier alpha value is -2.90. The molecule has 1 fully saturated rings. The standard InChI is InChI=1S/C20H27N3O5/c1-2-3-4-8-11-16(24)22-12-13-23(17(25)14-22)20(28)21-18(19(26)27)15-9-6-5-7-10-15/h5-7,9-10,18H,2-4,8,11-14H2,1H3,(H,21,28)(H,26,27). The average molecular weight is 389 g/mol. The number of benzene rings is 1. The zero-order chi connectivity index (χ0) is 20.5. The Kier molecular flexibility index (Phi) is 7.98. The summed E-state index contributed by atoms with van der Waals surface area (Å²) >= 11 is 0. The highest BCUT2D eigenvalue weighted by Gasteiger charge is 2.33. The van der Waals surface area contributed by atoms with Gasteiger partial charge in [-0.3, -0.25) is 14.5 Å². The van der Waals surface area contributed by atoms with E-state index in [2.05, 4.69) is 12.2 Å². The van der Waals surface area contributed by atoms with Crippen molar-refractivity contribution >= 4 is 23.8 Å². The van der Waals surface area contributed by atoms with Crippen molar-refractivity contribution in [3.8, 4) is 0 Å². The van der Waals surface area contributed by atoms with Gasteiger partial charge in [0.2, 0.25) is 11.8 Å². The van der Waals surface area contributed by atoms with Crippen molar-refractivity contribution < 1.29 is 24.3 Å². The van der Waals surface area contributed by atoms with Gasteiger partial charge in [0, 0.05) is 19.5 Å². The molecule has 0 bridgehead atoms. The van der Waals surface area contributed by atoms with E-state index in [1.165, 1.54) is 4.90 Å². The largest absolute Gasteiger partial charge is 0.479 e. The molecule has 1 heterocycles. The normalized spacial score (nSPS) is 15.2. The lowest BCUT2D eigenvalue weighted by Crippen LogP contribution is -2.57. The highest BCUT2D eigenvalue weighted by molar-refractivity contribution is 5.98. The average Bonchev–Trinajstić information content (AvgIpc) is 2.69. The first kappa shape index (κ1) is 21.4. The summed E-state index contributed by atoms with van der Waals surface area (Å²) in [5.74, 6) is -1.81. The van der Waals surface area contributed by atoms with Gasteiger partial charge in [0.05, 0.1) is 0 Å². The van der Waals surface area contributed by atoms with E-state index in [-0.39, 0.29) is 25.5 Å². The van der Waals surface area contributed by atoms with Crippen molar-refractivity contribution in [3.63, 3.8) is 0 Å². The third-order valence-electron chi connectivity index (χ3n) is 4.71. The predicted octanol–water partition coefficient (Wildman–Crippen LogP) is 2.16. The second kappa shape index (κ2) is 10.4. The quantitative estimate of drug-likeness (QED) is 0.663. The molecule has 8 nitrogen and oxygen atoms in total. The maximum atomic E-state index is 12.4. The third kappa shape index (κ3) is 5.80. The van der Waals surface area contributed by atoms with Crippen molar-refractivity contribution in [2.45, 2.75) is 45.1 Å². The van der Waals surface area contributed by atoms with Crippen LogP contribution in [0.2, 0.25) is 0 Å². The summed E-state index contributed by atoms with van der Waals surface area (Å²) in [6.45, 7) is 2.24. The highest BCUT2D eigenvalue weighted by Crippen LogP contribution is 2.15. The molecule has 1 unspecified atom stereocenters. The molecular formula is C20H27N3O5.